The fourth-order valence-corrected chi connectivity index (χ4v) is 2.54. The van der Waals surface area contributed by atoms with E-state index in [4.69, 9.17) is 11.6 Å². The summed E-state index contributed by atoms with van der Waals surface area (Å²) in [5.74, 6) is -0.0768. The molecule has 1 aliphatic heterocycles. The maximum atomic E-state index is 12.2. The second-order valence-electron chi connectivity index (χ2n) is 5.13. The smallest absolute Gasteiger partial charge is 0.253 e. The Morgan fingerprint density at radius 3 is 2.76 bits per heavy atom. The van der Waals surface area contributed by atoms with E-state index in [9.17, 15) is 4.79 Å². The molecule has 1 unspecified atom stereocenters. The molecule has 0 bridgehead atoms. The molecular formula is C16H16ClN3O. The average Bonchev–Trinajstić information content (AvgIpc) is 3.01. The summed E-state index contributed by atoms with van der Waals surface area (Å²) in [7, 11) is 0. The molecule has 21 heavy (non-hydrogen) atoms. The number of nitrogens with one attached hydrogen (secondary N) is 2. The molecule has 1 fully saturated rings. The lowest BCUT2D eigenvalue weighted by molar-refractivity contribution is 0.0939. The Morgan fingerprint density at radius 2 is 2.05 bits per heavy atom. The van der Waals surface area contributed by atoms with Crippen LogP contribution in [-0.4, -0.2) is 30.0 Å². The van der Waals surface area contributed by atoms with Crippen molar-refractivity contribution in [2.24, 2.45) is 0 Å². The molecule has 4 nitrogen and oxygen atoms in total. The molecule has 108 valence electrons. The number of amides is 1. The molecule has 1 aliphatic rings. The molecule has 0 aliphatic carbocycles. The number of halogens is 1. The molecule has 1 saturated heterocycles. The van der Waals surface area contributed by atoms with E-state index in [1.807, 2.05) is 30.3 Å². The largest absolute Gasteiger partial charge is 0.348 e. The number of hydrogen-bond donors (Lipinski definition) is 2. The van der Waals surface area contributed by atoms with Crippen molar-refractivity contribution in [1.82, 2.24) is 15.6 Å². The molecule has 0 spiro atoms. The van der Waals surface area contributed by atoms with Gasteiger partial charge < -0.3 is 10.6 Å². The second-order valence-corrected chi connectivity index (χ2v) is 5.57. The Balaban J connectivity index is 1.79. The van der Waals surface area contributed by atoms with Crippen molar-refractivity contribution in [3.05, 3.63) is 53.3 Å². The average molecular weight is 302 g/mol. The van der Waals surface area contributed by atoms with E-state index in [0.29, 0.717) is 10.6 Å². The molecule has 3 rings (SSSR count). The third-order valence-electron chi connectivity index (χ3n) is 3.57. The highest BCUT2D eigenvalue weighted by molar-refractivity contribution is 6.30. The van der Waals surface area contributed by atoms with Gasteiger partial charge in [0.15, 0.2) is 0 Å². The molecule has 2 heterocycles. The van der Waals surface area contributed by atoms with E-state index >= 15 is 0 Å². The van der Waals surface area contributed by atoms with E-state index in [1.165, 1.54) is 0 Å². The van der Waals surface area contributed by atoms with E-state index in [0.717, 1.165) is 30.6 Å². The highest BCUT2D eigenvalue weighted by atomic mass is 35.5. The summed E-state index contributed by atoms with van der Waals surface area (Å²) in [5, 5.41) is 6.94. The lowest BCUT2D eigenvalue weighted by atomic mass is 10.1. The van der Waals surface area contributed by atoms with Crippen LogP contribution in [0.5, 0.6) is 0 Å². The van der Waals surface area contributed by atoms with Crippen LogP contribution in [0.4, 0.5) is 0 Å². The second kappa shape index (κ2) is 6.24. The Morgan fingerprint density at radius 1 is 1.24 bits per heavy atom. The lowest BCUT2D eigenvalue weighted by Crippen LogP contribution is -2.36. The Bertz CT molecular complexity index is 636. The van der Waals surface area contributed by atoms with Crippen LogP contribution in [-0.2, 0) is 0 Å². The third kappa shape index (κ3) is 3.40. The summed E-state index contributed by atoms with van der Waals surface area (Å²) < 4.78 is 0. The van der Waals surface area contributed by atoms with Crippen LogP contribution in [0.3, 0.4) is 0 Å². The van der Waals surface area contributed by atoms with Crippen molar-refractivity contribution in [2.75, 3.05) is 13.1 Å². The number of carbonyl (C=O) groups is 1. The van der Waals surface area contributed by atoms with Crippen LogP contribution in [0.15, 0.2) is 42.7 Å². The molecule has 0 saturated carbocycles. The molecule has 2 N–H and O–H groups in total. The van der Waals surface area contributed by atoms with Crippen LogP contribution in [0.2, 0.25) is 5.02 Å². The molecule has 1 aromatic heterocycles. The number of hydrogen-bond acceptors (Lipinski definition) is 3. The highest BCUT2D eigenvalue weighted by Crippen LogP contribution is 2.21. The van der Waals surface area contributed by atoms with Gasteiger partial charge in [-0.15, -0.1) is 0 Å². The van der Waals surface area contributed by atoms with E-state index in [1.54, 1.807) is 12.4 Å². The van der Waals surface area contributed by atoms with Crippen molar-refractivity contribution in [1.29, 1.82) is 0 Å². The van der Waals surface area contributed by atoms with Gasteiger partial charge in [-0.2, -0.15) is 0 Å². The van der Waals surface area contributed by atoms with Crippen molar-refractivity contribution in [3.63, 3.8) is 0 Å². The molecular weight excluding hydrogens is 286 g/mol. The van der Waals surface area contributed by atoms with E-state index in [-0.39, 0.29) is 11.9 Å². The summed E-state index contributed by atoms with van der Waals surface area (Å²) in [5.41, 5.74) is 2.47. The first-order valence-corrected chi connectivity index (χ1v) is 7.33. The van der Waals surface area contributed by atoms with Gasteiger partial charge in [0.2, 0.25) is 0 Å². The molecule has 1 amide bonds. The normalized spacial score (nSPS) is 17.7. The van der Waals surface area contributed by atoms with Crippen molar-refractivity contribution >= 4 is 17.5 Å². The first kappa shape index (κ1) is 14.0. The van der Waals surface area contributed by atoms with E-state index < -0.39 is 0 Å². The third-order valence-corrected chi connectivity index (χ3v) is 3.83. The molecule has 0 radical (unpaired) electrons. The number of benzene rings is 1. The monoisotopic (exact) mass is 301 g/mol. The first-order valence-electron chi connectivity index (χ1n) is 6.95. The maximum absolute atomic E-state index is 12.2. The number of aromatic nitrogens is 1. The maximum Gasteiger partial charge on any atom is 0.253 e. The number of nitrogens with zero attached hydrogens (tertiary/aromatic N) is 1. The summed E-state index contributed by atoms with van der Waals surface area (Å²) in [6.45, 7) is 1.78. The molecule has 2 aromatic rings. The van der Waals surface area contributed by atoms with Crippen LogP contribution >= 0.6 is 11.6 Å². The zero-order valence-electron chi connectivity index (χ0n) is 11.5. The van der Waals surface area contributed by atoms with Crippen molar-refractivity contribution < 1.29 is 4.79 Å². The SMILES string of the molecule is O=C(NC1CCNC1)c1cncc(-c2ccc(Cl)cc2)c1. The zero-order chi connectivity index (χ0) is 14.7. The Hall–Kier alpha value is -1.91. The topological polar surface area (TPSA) is 54.0 Å². The molecule has 1 atom stereocenters. The van der Waals surface area contributed by atoms with Gasteiger partial charge in [0.25, 0.3) is 5.91 Å². The van der Waals surface area contributed by atoms with Crippen molar-refractivity contribution in [2.45, 2.75) is 12.5 Å². The number of carbonyl (C=O) groups excluding carboxylic acids is 1. The number of rotatable bonds is 3. The Labute approximate surface area is 128 Å². The minimum atomic E-state index is -0.0768. The van der Waals surface area contributed by atoms with Gasteiger partial charge in [0, 0.05) is 35.6 Å². The van der Waals surface area contributed by atoms with Crippen LogP contribution < -0.4 is 10.6 Å². The van der Waals surface area contributed by atoms with Gasteiger partial charge in [-0.25, -0.2) is 0 Å². The van der Waals surface area contributed by atoms with Crippen molar-refractivity contribution in [3.8, 4) is 11.1 Å². The Kier molecular flexibility index (Phi) is 4.18. The number of pyridine rings is 1. The fourth-order valence-electron chi connectivity index (χ4n) is 2.41. The van der Waals surface area contributed by atoms with E-state index in [2.05, 4.69) is 15.6 Å². The summed E-state index contributed by atoms with van der Waals surface area (Å²) in [6.07, 6.45) is 4.31. The van der Waals surface area contributed by atoms with Gasteiger partial charge in [-0.05, 0) is 36.7 Å². The van der Waals surface area contributed by atoms with Crippen LogP contribution in [0.1, 0.15) is 16.8 Å². The van der Waals surface area contributed by atoms with Gasteiger partial charge in [0.1, 0.15) is 0 Å². The summed E-state index contributed by atoms with van der Waals surface area (Å²) >= 11 is 5.89. The minimum absolute atomic E-state index is 0.0768. The summed E-state index contributed by atoms with van der Waals surface area (Å²) in [4.78, 5) is 16.4. The lowest BCUT2D eigenvalue weighted by Gasteiger charge is -2.11. The fraction of sp³-hybridized carbons (Fsp3) is 0.250. The van der Waals surface area contributed by atoms with Gasteiger partial charge >= 0.3 is 0 Å². The van der Waals surface area contributed by atoms with Crippen LogP contribution in [0, 0.1) is 0 Å². The standard InChI is InChI=1S/C16H16ClN3O/c17-14-3-1-11(2-4-14)12-7-13(9-19-8-12)16(21)20-15-5-6-18-10-15/h1-4,7-9,15,18H,5-6,10H2,(H,20,21). The predicted octanol–water partition coefficient (Wildman–Crippen LogP) is 2.49. The minimum Gasteiger partial charge on any atom is -0.348 e. The first-order chi connectivity index (χ1) is 10.2. The highest BCUT2D eigenvalue weighted by Gasteiger charge is 2.17. The molecule has 5 heteroatoms. The molecule has 1 aromatic carbocycles. The zero-order valence-corrected chi connectivity index (χ0v) is 12.2. The van der Waals surface area contributed by atoms with Gasteiger partial charge in [-0.3, -0.25) is 9.78 Å². The van der Waals surface area contributed by atoms with Gasteiger partial charge in [-0.1, -0.05) is 23.7 Å². The predicted molar refractivity (Wildman–Crippen MR) is 83.4 cm³/mol. The summed E-state index contributed by atoms with van der Waals surface area (Å²) in [6, 6.07) is 9.55. The van der Waals surface area contributed by atoms with Gasteiger partial charge in [0.05, 0.1) is 5.56 Å². The van der Waals surface area contributed by atoms with Crippen LogP contribution in [0.25, 0.3) is 11.1 Å². The quantitative estimate of drug-likeness (QED) is 0.916.